The number of hydrogen-bond donors (Lipinski definition) is 2. The molecule has 0 fully saturated rings. The van der Waals surface area contributed by atoms with E-state index in [0.29, 0.717) is 5.92 Å². The molecule has 0 bridgehead atoms. The van der Waals surface area contributed by atoms with Crippen LogP contribution in [0, 0.1) is 5.92 Å². The molecule has 2 aromatic carbocycles. The summed E-state index contributed by atoms with van der Waals surface area (Å²) in [5.41, 5.74) is 3.29. The minimum atomic E-state index is -0.177. The van der Waals surface area contributed by atoms with Crippen molar-refractivity contribution >= 4 is 33.0 Å². The first-order valence-electron chi connectivity index (χ1n) is 8.90. The fourth-order valence-corrected chi connectivity index (χ4v) is 5.56. The molecule has 2 heterocycles. The van der Waals surface area contributed by atoms with Crippen LogP contribution in [0.2, 0.25) is 0 Å². The van der Waals surface area contributed by atoms with E-state index >= 15 is 0 Å². The molecule has 0 spiro atoms. The zero-order valence-electron chi connectivity index (χ0n) is 14.1. The molecule has 0 radical (unpaired) electrons. The topological polar surface area (TPSA) is 41.1 Å². The maximum absolute atomic E-state index is 12.9. The first-order chi connectivity index (χ1) is 12.2. The van der Waals surface area contributed by atoms with Crippen molar-refractivity contribution in [3.63, 3.8) is 0 Å². The zero-order valence-corrected chi connectivity index (χ0v) is 15.0. The second-order valence-electron chi connectivity index (χ2n) is 7.18. The highest BCUT2D eigenvalue weighted by Crippen LogP contribution is 2.43. The zero-order chi connectivity index (χ0) is 17.0. The van der Waals surface area contributed by atoms with Gasteiger partial charge in [-0.3, -0.25) is 4.79 Å². The van der Waals surface area contributed by atoms with Gasteiger partial charge in [0.1, 0.15) is 11.2 Å². The van der Waals surface area contributed by atoms with Crippen molar-refractivity contribution in [2.24, 2.45) is 5.92 Å². The summed E-state index contributed by atoms with van der Waals surface area (Å²) in [6.07, 6.45) is 3.12. The summed E-state index contributed by atoms with van der Waals surface area (Å²) in [4.78, 5) is 14.3. The molecule has 4 heteroatoms. The highest BCUT2D eigenvalue weighted by molar-refractivity contribution is 7.16. The van der Waals surface area contributed by atoms with Gasteiger partial charge in [0.05, 0.1) is 5.56 Å². The van der Waals surface area contributed by atoms with Crippen LogP contribution in [0.5, 0.6) is 0 Å². The van der Waals surface area contributed by atoms with Crippen LogP contribution in [0.3, 0.4) is 0 Å². The SMILES string of the molecule is C[C@H]1CCc2c(sc3c2C(=O)N[C@H](c2cccc4ccccc24)N3)C1. The van der Waals surface area contributed by atoms with Gasteiger partial charge in [-0.1, -0.05) is 49.4 Å². The average molecular weight is 348 g/mol. The molecule has 25 heavy (non-hydrogen) atoms. The van der Waals surface area contributed by atoms with E-state index in [0.717, 1.165) is 29.0 Å². The number of carbonyl (C=O) groups excluding carboxylic acids is 1. The van der Waals surface area contributed by atoms with Crippen molar-refractivity contribution in [2.45, 2.75) is 32.4 Å². The number of rotatable bonds is 1. The van der Waals surface area contributed by atoms with Crippen LogP contribution in [-0.4, -0.2) is 5.91 Å². The van der Waals surface area contributed by atoms with Gasteiger partial charge in [0.15, 0.2) is 0 Å². The van der Waals surface area contributed by atoms with E-state index in [9.17, 15) is 4.79 Å². The Hall–Kier alpha value is -2.33. The highest BCUT2D eigenvalue weighted by atomic mass is 32.1. The monoisotopic (exact) mass is 348 g/mol. The fourth-order valence-electron chi connectivity index (χ4n) is 4.12. The third-order valence-electron chi connectivity index (χ3n) is 5.42. The molecular formula is C21H20N2OS. The summed E-state index contributed by atoms with van der Waals surface area (Å²) in [5, 5.41) is 10.2. The maximum atomic E-state index is 12.9. The lowest BCUT2D eigenvalue weighted by Crippen LogP contribution is -2.38. The van der Waals surface area contributed by atoms with Crippen molar-refractivity contribution in [1.82, 2.24) is 5.32 Å². The molecule has 0 unspecified atom stereocenters. The third-order valence-corrected chi connectivity index (χ3v) is 6.61. The minimum absolute atomic E-state index is 0.0683. The van der Waals surface area contributed by atoms with Crippen LogP contribution in [0.25, 0.3) is 10.8 Å². The predicted octanol–water partition coefficient (Wildman–Crippen LogP) is 4.88. The first kappa shape index (κ1) is 15.0. The van der Waals surface area contributed by atoms with Gasteiger partial charge in [-0.2, -0.15) is 0 Å². The maximum Gasteiger partial charge on any atom is 0.256 e. The number of hydrogen-bond acceptors (Lipinski definition) is 3. The van der Waals surface area contributed by atoms with E-state index < -0.39 is 0 Å². The molecule has 3 nitrogen and oxygen atoms in total. The third kappa shape index (κ3) is 2.35. The van der Waals surface area contributed by atoms with Crippen molar-refractivity contribution in [2.75, 3.05) is 5.32 Å². The Morgan fingerprint density at radius 1 is 1.08 bits per heavy atom. The number of fused-ring (bicyclic) bond motifs is 4. The van der Waals surface area contributed by atoms with Gasteiger partial charge < -0.3 is 10.6 Å². The Kier molecular flexibility index (Phi) is 3.35. The van der Waals surface area contributed by atoms with E-state index in [1.165, 1.54) is 27.6 Å². The van der Waals surface area contributed by atoms with Gasteiger partial charge in [-0.15, -0.1) is 11.3 Å². The van der Waals surface area contributed by atoms with Gasteiger partial charge >= 0.3 is 0 Å². The average Bonchev–Trinajstić information content (AvgIpc) is 2.99. The van der Waals surface area contributed by atoms with E-state index in [4.69, 9.17) is 0 Å². The fraction of sp³-hybridized carbons (Fsp3) is 0.286. The van der Waals surface area contributed by atoms with Gasteiger partial charge in [-0.25, -0.2) is 0 Å². The van der Waals surface area contributed by atoms with Crippen molar-refractivity contribution < 1.29 is 4.79 Å². The summed E-state index contributed by atoms with van der Waals surface area (Å²) in [6.45, 7) is 2.30. The molecule has 1 amide bonds. The summed E-state index contributed by atoms with van der Waals surface area (Å²) in [7, 11) is 0. The number of anilines is 1. The number of thiophene rings is 1. The molecule has 1 aliphatic heterocycles. The molecule has 0 saturated heterocycles. The van der Waals surface area contributed by atoms with Gasteiger partial charge in [-0.05, 0) is 41.5 Å². The number of benzene rings is 2. The molecular weight excluding hydrogens is 328 g/mol. The lowest BCUT2D eigenvalue weighted by molar-refractivity contribution is 0.0935. The van der Waals surface area contributed by atoms with E-state index in [2.05, 4.69) is 47.9 Å². The number of nitrogens with one attached hydrogen (secondary N) is 2. The van der Waals surface area contributed by atoms with E-state index in [1.54, 1.807) is 11.3 Å². The van der Waals surface area contributed by atoms with E-state index in [-0.39, 0.29) is 12.1 Å². The lowest BCUT2D eigenvalue weighted by Gasteiger charge is -2.28. The van der Waals surface area contributed by atoms with Crippen LogP contribution < -0.4 is 10.6 Å². The first-order valence-corrected chi connectivity index (χ1v) is 9.72. The van der Waals surface area contributed by atoms with E-state index in [1.807, 2.05) is 12.1 Å². The molecule has 2 aliphatic rings. The number of carbonyl (C=O) groups is 1. The Bertz CT molecular complexity index is 985. The quantitative estimate of drug-likeness (QED) is 0.658. The molecule has 1 aliphatic carbocycles. The van der Waals surface area contributed by atoms with Crippen molar-refractivity contribution in [1.29, 1.82) is 0 Å². The Labute approximate surface area is 151 Å². The van der Waals surface area contributed by atoms with Crippen LogP contribution in [0.15, 0.2) is 42.5 Å². The van der Waals surface area contributed by atoms with Crippen molar-refractivity contribution in [3.05, 3.63) is 64.0 Å². The molecule has 0 saturated carbocycles. The molecule has 2 atom stereocenters. The minimum Gasteiger partial charge on any atom is -0.353 e. The van der Waals surface area contributed by atoms with Crippen molar-refractivity contribution in [3.8, 4) is 0 Å². The summed E-state index contributed by atoms with van der Waals surface area (Å²) < 4.78 is 0. The van der Waals surface area contributed by atoms with Crippen LogP contribution in [-0.2, 0) is 12.8 Å². The molecule has 2 N–H and O–H groups in total. The molecule has 126 valence electrons. The molecule has 5 rings (SSSR count). The van der Waals surface area contributed by atoms with Gasteiger partial charge in [0, 0.05) is 10.4 Å². The summed E-state index contributed by atoms with van der Waals surface area (Å²) in [5.74, 6) is 0.781. The van der Waals surface area contributed by atoms with Crippen LogP contribution in [0.4, 0.5) is 5.00 Å². The second-order valence-corrected chi connectivity index (χ2v) is 8.28. The van der Waals surface area contributed by atoms with Gasteiger partial charge in [0.2, 0.25) is 0 Å². The Morgan fingerprint density at radius 2 is 1.92 bits per heavy atom. The highest BCUT2D eigenvalue weighted by Gasteiger charge is 2.33. The van der Waals surface area contributed by atoms with Crippen LogP contribution >= 0.6 is 11.3 Å². The second kappa shape index (κ2) is 5.60. The largest absolute Gasteiger partial charge is 0.353 e. The van der Waals surface area contributed by atoms with Crippen LogP contribution in [0.1, 0.15) is 45.9 Å². The normalized spacial score (nSPS) is 22.0. The molecule has 1 aromatic heterocycles. The standard InChI is InChI=1S/C21H20N2OS/c1-12-9-10-16-17(11-12)25-21-18(16)20(24)22-19(23-21)15-8-4-6-13-5-2-3-7-14(13)15/h2-8,12,19,23H,9-11H2,1H3,(H,22,24)/t12-,19-/m0/s1. The Morgan fingerprint density at radius 3 is 2.84 bits per heavy atom. The number of amides is 1. The smallest absolute Gasteiger partial charge is 0.256 e. The lowest BCUT2D eigenvalue weighted by atomic mass is 9.88. The molecule has 3 aromatic rings. The Balaban J connectivity index is 1.58. The summed E-state index contributed by atoms with van der Waals surface area (Å²) >= 11 is 1.78. The summed E-state index contributed by atoms with van der Waals surface area (Å²) in [6, 6.07) is 14.6. The predicted molar refractivity (Wildman–Crippen MR) is 103 cm³/mol. The van der Waals surface area contributed by atoms with Gasteiger partial charge in [0.25, 0.3) is 5.91 Å².